The predicted molar refractivity (Wildman–Crippen MR) is 133 cm³/mol. The van der Waals surface area contributed by atoms with Crippen molar-refractivity contribution in [1.29, 1.82) is 0 Å². The molecule has 180 valence electrons. The number of amides is 1. The lowest BCUT2D eigenvalue weighted by Gasteiger charge is -2.27. The number of carbonyl (C=O) groups is 1. The Bertz CT molecular complexity index is 1260. The van der Waals surface area contributed by atoms with E-state index < -0.39 is 22.0 Å². The molecule has 3 rings (SSSR count). The van der Waals surface area contributed by atoms with Crippen LogP contribution in [-0.2, 0) is 14.8 Å². The maximum absolute atomic E-state index is 13.6. The second kappa shape index (κ2) is 10.6. The number of benzene rings is 3. The van der Waals surface area contributed by atoms with Crippen LogP contribution in [0.2, 0.25) is 0 Å². The van der Waals surface area contributed by atoms with Crippen LogP contribution in [-0.4, -0.2) is 35.1 Å². The van der Waals surface area contributed by atoms with E-state index in [1.807, 2.05) is 32.9 Å². The molecule has 0 aliphatic carbocycles. The van der Waals surface area contributed by atoms with E-state index in [0.717, 1.165) is 21.0 Å². The summed E-state index contributed by atoms with van der Waals surface area (Å²) in [5.74, 6) is 0.773. The molecule has 0 saturated carbocycles. The third kappa shape index (κ3) is 5.51. The fourth-order valence-electron chi connectivity index (χ4n) is 3.68. The second-order valence-corrected chi connectivity index (χ2v) is 9.87. The van der Waals surface area contributed by atoms with Crippen LogP contribution < -0.4 is 19.1 Å². The zero-order valence-electron chi connectivity index (χ0n) is 20.0. The Kier molecular flexibility index (Phi) is 7.83. The smallest absolute Gasteiger partial charge is 0.264 e. The van der Waals surface area contributed by atoms with Gasteiger partial charge in [0.15, 0.2) is 0 Å². The van der Waals surface area contributed by atoms with E-state index in [9.17, 15) is 13.2 Å². The zero-order valence-corrected chi connectivity index (χ0v) is 20.8. The molecular formula is C26H30N2O5S. The number of methoxy groups -OCH3 is 2. The molecule has 0 aromatic heterocycles. The summed E-state index contributed by atoms with van der Waals surface area (Å²) < 4.78 is 39.0. The predicted octanol–water partition coefficient (Wildman–Crippen LogP) is 4.39. The van der Waals surface area contributed by atoms with Crippen LogP contribution in [0, 0.1) is 13.8 Å². The molecule has 3 aromatic carbocycles. The Morgan fingerprint density at radius 2 is 1.68 bits per heavy atom. The van der Waals surface area contributed by atoms with Crippen LogP contribution in [0.15, 0.2) is 71.6 Å². The number of rotatable bonds is 9. The molecule has 0 aliphatic heterocycles. The number of nitrogens with zero attached hydrogens (tertiary/aromatic N) is 1. The van der Waals surface area contributed by atoms with Crippen molar-refractivity contribution in [2.75, 3.05) is 25.1 Å². The van der Waals surface area contributed by atoms with Gasteiger partial charge in [0.1, 0.15) is 18.0 Å². The summed E-state index contributed by atoms with van der Waals surface area (Å²) in [4.78, 5) is 13.3. The Morgan fingerprint density at radius 1 is 0.971 bits per heavy atom. The molecule has 0 fully saturated rings. The second-order valence-electron chi connectivity index (χ2n) is 8.01. The van der Waals surface area contributed by atoms with Crippen molar-refractivity contribution >= 4 is 21.6 Å². The molecule has 0 unspecified atom stereocenters. The molecule has 0 bridgehead atoms. The number of sulfonamides is 1. The van der Waals surface area contributed by atoms with Crippen molar-refractivity contribution in [3.8, 4) is 11.5 Å². The SMILES string of the molecule is COc1ccc(OC)c([C@H](C)NC(=O)CN(c2cc(C)ccc2C)S(=O)(=O)c2ccccc2)c1. The largest absolute Gasteiger partial charge is 0.497 e. The third-order valence-corrected chi connectivity index (χ3v) is 7.31. The molecular weight excluding hydrogens is 452 g/mol. The lowest BCUT2D eigenvalue weighted by molar-refractivity contribution is -0.120. The number of nitrogens with one attached hydrogen (secondary N) is 1. The summed E-state index contributed by atoms with van der Waals surface area (Å²) in [6.07, 6.45) is 0. The van der Waals surface area contributed by atoms with Crippen molar-refractivity contribution in [2.24, 2.45) is 0 Å². The van der Waals surface area contributed by atoms with E-state index in [4.69, 9.17) is 9.47 Å². The Labute approximate surface area is 201 Å². The maximum Gasteiger partial charge on any atom is 0.264 e. The van der Waals surface area contributed by atoms with E-state index in [-0.39, 0.29) is 11.4 Å². The normalized spacial score (nSPS) is 12.0. The highest BCUT2D eigenvalue weighted by atomic mass is 32.2. The minimum absolute atomic E-state index is 0.117. The number of hydrogen-bond donors (Lipinski definition) is 1. The van der Waals surface area contributed by atoms with Gasteiger partial charge in [-0.3, -0.25) is 9.10 Å². The molecule has 0 heterocycles. The highest BCUT2D eigenvalue weighted by molar-refractivity contribution is 7.92. The van der Waals surface area contributed by atoms with Crippen molar-refractivity contribution in [3.63, 3.8) is 0 Å². The summed E-state index contributed by atoms with van der Waals surface area (Å²) in [7, 11) is -0.874. The number of hydrogen-bond acceptors (Lipinski definition) is 5. The summed E-state index contributed by atoms with van der Waals surface area (Å²) >= 11 is 0. The lowest BCUT2D eigenvalue weighted by Crippen LogP contribution is -2.42. The van der Waals surface area contributed by atoms with Crippen LogP contribution in [0.1, 0.15) is 29.7 Å². The highest BCUT2D eigenvalue weighted by Gasteiger charge is 2.29. The molecule has 1 amide bonds. The van der Waals surface area contributed by atoms with Gasteiger partial charge in [-0.05, 0) is 68.3 Å². The van der Waals surface area contributed by atoms with Gasteiger partial charge in [0, 0.05) is 5.56 Å². The molecule has 3 aromatic rings. The summed E-state index contributed by atoms with van der Waals surface area (Å²) in [5, 5.41) is 2.90. The molecule has 8 heteroatoms. The van der Waals surface area contributed by atoms with E-state index in [1.165, 1.54) is 12.1 Å². The van der Waals surface area contributed by atoms with Gasteiger partial charge >= 0.3 is 0 Å². The van der Waals surface area contributed by atoms with Gasteiger partial charge in [-0.25, -0.2) is 8.42 Å². The van der Waals surface area contributed by atoms with E-state index >= 15 is 0 Å². The van der Waals surface area contributed by atoms with Crippen molar-refractivity contribution < 1.29 is 22.7 Å². The first-order valence-electron chi connectivity index (χ1n) is 10.8. The van der Waals surface area contributed by atoms with Gasteiger partial charge in [0.2, 0.25) is 5.91 Å². The third-order valence-electron chi connectivity index (χ3n) is 5.53. The zero-order chi connectivity index (χ0) is 24.9. The fourth-order valence-corrected chi connectivity index (χ4v) is 5.18. The van der Waals surface area contributed by atoms with Crippen molar-refractivity contribution in [1.82, 2.24) is 5.32 Å². The number of anilines is 1. The van der Waals surface area contributed by atoms with Crippen LogP contribution in [0.5, 0.6) is 11.5 Å². The van der Waals surface area contributed by atoms with Gasteiger partial charge in [0.25, 0.3) is 10.0 Å². The average Bonchev–Trinajstić information content (AvgIpc) is 2.84. The van der Waals surface area contributed by atoms with Gasteiger partial charge in [-0.1, -0.05) is 30.3 Å². The fraction of sp³-hybridized carbons (Fsp3) is 0.269. The number of ether oxygens (including phenoxy) is 2. The van der Waals surface area contributed by atoms with Crippen LogP contribution in [0.25, 0.3) is 0 Å². The summed E-state index contributed by atoms with van der Waals surface area (Å²) in [6.45, 7) is 5.14. The standard InChI is InChI=1S/C26H30N2O5S/c1-18-11-12-19(2)24(15-18)28(34(30,31)22-9-7-6-8-10-22)17-26(29)27-20(3)23-16-21(32-4)13-14-25(23)33-5/h6-16,20H,17H2,1-5H3,(H,27,29)/t20-/m0/s1. The molecule has 34 heavy (non-hydrogen) atoms. The molecule has 0 aliphatic rings. The van der Waals surface area contributed by atoms with Crippen LogP contribution in [0.4, 0.5) is 5.69 Å². The minimum Gasteiger partial charge on any atom is -0.497 e. The van der Waals surface area contributed by atoms with Gasteiger partial charge < -0.3 is 14.8 Å². The topological polar surface area (TPSA) is 84.9 Å². The minimum atomic E-state index is -3.98. The highest BCUT2D eigenvalue weighted by Crippen LogP contribution is 2.30. The van der Waals surface area contributed by atoms with E-state index in [1.54, 1.807) is 56.7 Å². The average molecular weight is 483 g/mol. The van der Waals surface area contributed by atoms with E-state index in [0.29, 0.717) is 17.2 Å². The van der Waals surface area contributed by atoms with Gasteiger partial charge in [0.05, 0.1) is 30.8 Å². The van der Waals surface area contributed by atoms with Crippen molar-refractivity contribution in [3.05, 3.63) is 83.4 Å². The first-order chi connectivity index (χ1) is 16.2. The summed E-state index contributed by atoms with van der Waals surface area (Å²) in [5.41, 5.74) is 2.83. The van der Waals surface area contributed by atoms with Crippen molar-refractivity contribution in [2.45, 2.75) is 31.7 Å². The quantitative estimate of drug-likeness (QED) is 0.489. The first-order valence-corrected chi connectivity index (χ1v) is 12.3. The summed E-state index contributed by atoms with van der Waals surface area (Å²) in [6, 6.07) is 18.5. The Morgan fingerprint density at radius 3 is 2.32 bits per heavy atom. The molecule has 0 saturated heterocycles. The number of carbonyl (C=O) groups excluding carboxylic acids is 1. The molecule has 7 nitrogen and oxygen atoms in total. The molecule has 0 spiro atoms. The molecule has 1 N–H and O–H groups in total. The van der Waals surface area contributed by atoms with E-state index in [2.05, 4.69) is 5.32 Å². The maximum atomic E-state index is 13.6. The molecule has 0 radical (unpaired) electrons. The monoisotopic (exact) mass is 482 g/mol. The first kappa shape index (κ1) is 25.1. The van der Waals surface area contributed by atoms with Crippen LogP contribution in [0.3, 0.4) is 0 Å². The van der Waals surface area contributed by atoms with Gasteiger partial charge in [-0.2, -0.15) is 0 Å². The lowest BCUT2D eigenvalue weighted by atomic mass is 10.1. The Balaban J connectivity index is 1.94. The number of aryl methyl sites for hydroxylation is 2. The molecule has 1 atom stereocenters. The van der Waals surface area contributed by atoms with Gasteiger partial charge in [-0.15, -0.1) is 0 Å². The van der Waals surface area contributed by atoms with Crippen LogP contribution >= 0.6 is 0 Å². The Hall–Kier alpha value is -3.52.